The van der Waals surface area contributed by atoms with Gasteiger partial charge in [-0.1, -0.05) is 60.4 Å². The van der Waals surface area contributed by atoms with E-state index in [1.807, 2.05) is 38.1 Å². The van der Waals surface area contributed by atoms with Gasteiger partial charge in [-0.3, -0.25) is 13.9 Å². The Kier molecular flexibility index (Phi) is 10.3. The van der Waals surface area contributed by atoms with Crippen LogP contribution in [-0.4, -0.2) is 50.9 Å². The fourth-order valence-corrected chi connectivity index (χ4v) is 7.29. The van der Waals surface area contributed by atoms with Crippen LogP contribution < -0.4 is 14.4 Å². The molecule has 0 aliphatic heterocycles. The molecule has 1 aliphatic carbocycles. The lowest BCUT2D eigenvalue weighted by Gasteiger charge is -2.32. The number of halogens is 1. The molecule has 1 atom stereocenters. The second-order valence-corrected chi connectivity index (χ2v) is 13.5. The molecule has 0 radical (unpaired) electrons. The third-order valence-corrected chi connectivity index (χ3v) is 10.0. The van der Waals surface area contributed by atoms with Crippen molar-refractivity contribution in [2.45, 2.75) is 70.0 Å². The molecule has 8 nitrogen and oxygen atoms in total. The van der Waals surface area contributed by atoms with Crippen LogP contribution in [0.1, 0.15) is 49.3 Å². The monoisotopic (exact) mass is 655 g/mol. The molecule has 0 heterocycles. The molecule has 2 amide bonds. The van der Waals surface area contributed by atoms with Crippen LogP contribution in [0.5, 0.6) is 5.75 Å². The maximum absolute atomic E-state index is 14.1. The van der Waals surface area contributed by atoms with Crippen molar-refractivity contribution in [3.8, 4) is 5.75 Å². The second kappa shape index (κ2) is 13.7. The van der Waals surface area contributed by atoms with Gasteiger partial charge in [-0.2, -0.15) is 0 Å². The van der Waals surface area contributed by atoms with Crippen molar-refractivity contribution in [3.63, 3.8) is 0 Å². The molecule has 3 aromatic rings. The van der Waals surface area contributed by atoms with Crippen LogP contribution in [0.25, 0.3) is 0 Å². The predicted molar refractivity (Wildman–Crippen MR) is 168 cm³/mol. The number of methoxy groups -OCH3 is 1. The van der Waals surface area contributed by atoms with Crippen LogP contribution in [0, 0.1) is 13.8 Å². The molecule has 1 N–H and O–H groups in total. The van der Waals surface area contributed by atoms with Crippen LogP contribution in [0.4, 0.5) is 5.69 Å². The maximum Gasteiger partial charge on any atom is 0.264 e. The number of amides is 2. The minimum Gasteiger partial charge on any atom is -0.496 e. The molecule has 0 bridgehead atoms. The summed E-state index contributed by atoms with van der Waals surface area (Å²) in [4.78, 5) is 29.0. The number of hydrogen-bond donors (Lipinski definition) is 1. The summed E-state index contributed by atoms with van der Waals surface area (Å²) in [5.41, 5.74) is 3.18. The molecule has 224 valence electrons. The number of benzene rings is 3. The molecule has 1 unspecified atom stereocenters. The first-order chi connectivity index (χ1) is 20.0. The number of nitrogens with one attached hydrogen (secondary N) is 1. The van der Waals surface area contributed by atoms with Crippen molar-refractivity contribution in [1.82, 2.24) is 10.2 Å². The van der Waals surface area contributed by atoms with Crippen molar-refractivity contribution in [3.05, 3.63) is 87.9 Å². The molecule has 0 aromatic heterocycles. The molecule has 4 rings (SSSR count). The Balaban J connectivity index is 1.70. The van der Waals surface area contributed by atoms with Crippen molar-refractivity contribution in [1.29, 1.82) is 0 Å². The Hall–Kier alpha value is -3.37. The average molecular weight is 657 g/mol. The van der Waals surface area contributed by atoms with E-state index in [0.29, 0.717) is 15.9 Å². The van der Waals surface area contributed by atoms with E-state index in [4.69, 9.17) is 4.74 Å². The van der Waals surface area contributed by atoms with Gasteiger partial charge in [0.2, 0.25) is 11.8 Å². The van der Waals surface area contributed by atoms with E-state index >= 15 is 0 Å². The highest BCUT2D eigenvalue weighted by Gasteiger charge is 2.33. The maximum atomic E-state index is 14.1. The molecular weight excluding hydrogens is 618 g/mol. The number of ether oxygens (including phenoxy) is 1. The number of carbonyl (C=O) groups excluding carboxylic acids is 2. The molecule has 3 aromatic carbocycles. The molecule has 1 fully saturated rings. The standard InChI is InChI=1S/C32H38BrN3O5S/c1-22-12-14-27(15-13-22)36(42(39,40)28-16-17-30(41-4)29(33)19-28)21-31(37)35(20-25-9-7-8-23(2)18-25)24(3)32(38)34-26-10-5-6-11-26/h7-9,12-19,24,26H,5-6,10-11,20-21H2,1-4H3,(H,34,38). The highest BCUT2D eigenvalue weighted by molar-refractivity contribution is 9.10. The fraction of sp³-hybridized carbons (Fsp3) is 0.375. The summed E-state index contributed by atoms with van der Waals surface area (Å²) in [5.74, 6) is -0.243. The lowest BCUT2D eigenvalue weighted by atomic mass is 10.1. The van der Waals surface area contributed by atoms with Gasteiger partial charge in [0.1, 0.15) is 18.3 Å². The van der Waals surface area contributed by atoms with E-state index in [2.05, 4.69) is 21.2 Å². The molecule has 42 heavy (non-hydrogen) atoms. The summed E-state index contributed by atoms with van der Waals surface area (Å²) in [5, 5.41) is 3.09. The summed E-state index contributed by atoms with van der Waals surface area (Å²) in [6, 6.07) is 18.4. The van der Waals surface area contributed by atoms with Crippen molar-refractivity contribution < 1.29 is 22.7 Å². The topological polar surface area (TPSA) is 96.0 Å². The van der Waals surface area contributed by atoms with Crippen LogP contribution in [0.3, 0.4) is 0 Å². The third kappa shape index (κ3) is 7.52. The smallest absolute Gasteiger partial charge is 0.264 e. The molecule has 1 aliphatic rings. The van der Waals surface area contributed by atoms with Crippen molar-refractivity contribution >= 4 is 43.5 Å². The van der Waals surface area contributed by atoms with E-state index in [1.54, 1.807) is 37.3 Å². The van der Waals surface area contributed by atoms with E-state index in [0.717, 1.165) is 46.7 Å². The average Bonchev–Trinajstić information content (AvgIpc) is 3.47. The van der Waals surface area contributed by atoms with Gasteiger partial charge in [0, 0.05) is 12.6 Å². The predicted octanol–water partition coefficient (Wildman–Crippen LogP) is 5.75. The first-order valence-corrected chi connectivity index (χ1v) is 16.3. The van der Waals surface area contributed by atoms with Gasteiger partial charge in [0.25, 0.3) is 10.0 Å². The molecule has 10 heteroatoms. The van der Waals surface area contributed by atoms with Crippen LogP contribution in [-0.2, 0) is 26.2 Å². The van der Waals surface area contributed by atoms with Gasteiger partial charge < -0.3 is 15.0 Å². The number of carbonyl (C=O) groups is 2. The van der Waals surface area contributed by atoms with Crippen molar-refractivity contribution in [2.75, 3.05) is 18.0 Å². The van der Waals surface area contributed by atoms with Gasteiger partial charge in [0.05, 0.1) is 22.2 Å². The molecule has 0 spiro atoms. The molecule has 0 saturated heterocycles. The normalized spacial score (nSPS) is 14.3. The zero-order chi connectivity index (χ0) is 30.4. The Morgan fingerprint density at radius 1 is 1.00 bits per heavy atom. The van der Waals surface area contributed by atoms with Gasteiger partial charge in [-0.25, -0.2) is 8.42 Å². The quantitative estimate of drug-likeness (QED) is 0.284. The van der Waals surface area contributed by atoms with Crippen LogP contribution in [0.15, 0.2) is 76.1 Å². The third-order valence-electron chi connectivity index (χ3n) is 7.62. The number of rotatable bonds is 11. The first kappa shape index (κ1) is 31.6. The van der Waals surface area contributed by atoms with E-state index < -0.39 is 28.5 Å². The Morgan fingerprint density at radius 3 is 2.31 bits per heavy atom. The summed E-state index contributed by atoms with van der Waals surface area (Å²) in [6.07, 6.45) is 3.97. The SMILES string of the molecule is COc1ccc(S(=O)(=O)N(CC(=O)N(Cc2cccc(C)c2)C(C)C(=O)NC2CCCC2)c2ccc(C)cc2)cc1Br. The van der Waals surface area contributed by atoms with Gasteiger partial charge in [0.15, 0.2) is 0 Å². The van der Waals surface area contributed by atoms with Crippen molar-refractivity contribution in [2.24, 2.45) is 0 Å². The van der Waals surface area contributed by atoms with Crippen LogP contribution >= 0.6 is 15.9 Å². The minimum atomic E-state index is -4.19. The lowest BCUT2D eigenvalue weighted by molar-refractivity contribution is -0.139. The van der Waals surface area contributed by atoms with Gasteiger partial charge in [-0.15, -0.1) is 0 Å². The summed E-state index contributed by atoms with van der Waals surface area (Å²) >= 11 is 3.37. The zero-order valence-electron chi connectivity index (χ0n) is 24.5. The Labute approximate surface area is 257 Å². The van der Waals surface area contributed by atoms with E-state index in [1.165, 1.54) is 24.1 Å². The van der Waals surface area contributed by atoms with Gasteiger partial charge >= 0.3 is 0 Å². The van der Waals surface area contributed by atoms with Gasteiger partial charge in [-0.05, 0) is 85.4 Å². The summed E-state index contributed by atoms with van der Waals surface area (Å²) < 4.78 is 35.0. The lowest BCUT2D eigenvalue weighted by Crippen LogP contribution is -2.52. The number of sulfonamides is 1. The highest BCUT2D eigenvalue weighted by atomic mass is 79.9. The Morgan fingerprint density at radius 2 is 1.69 bits per heavy atom. The molecule has 1 saturated carbocycles. The van der Waals surface area contributed by atoms with E-state index in [-0.39, 0.29) is 23.4 Å². The first-order valence-electron chi connectivity index (χ1n) is 14.1. The zero-order valence-corrected chi connectivity index (χ0v) is 26.9. The summed E-state index contributed by atoms with van der Waals surface area (Å²) in [7, 11) is -2.69. The molecular formula is C32H38BrN3O5S. The number of anilines is 1. The summed E-state index contributed by atoms with van der Waals surface area (Å²) in [6.45, 7) is 5.24. The Bertz CT molecular complexity index is 1520. The highest BCUT2D eigenvalue weighted by Crippen LogP contribution is 2.31. The van der Waals surface area contributed by atoms with Crippen LogP contribution in [0.2, 0.25) is 0 Å². The second-order valence-electron chi connectivity index (χ2n) is 10.8. The number of hydrogen-bond acceptors (Lipinski definition) is 5. The number of nitrogens with zero attached hydrogens (tertiary/aromatic N) is 2. The minimum absolute atomic E-state index is 0.000749. The fourth-order valence-electron chi connectivity index (χ4n) is 5.16. The number of aryl methyl sites for hydroxylation is 2. The van der Waals surface area contributed by atoms with E-state index in [9.17, 15) is 18.0 Å². The largest absolute Gasteiger partial charge is 0.496 e.